The van der Waals surface area contributed by atoms with E-state index in [1.165, 1.54) is 0 Å². The molecule has 1 aliphatic rings. The molecule has 0 saturated heterocycles. The summed E-state index contributed by atoms with van der Waals surface area (Å²) < 4.78 is 10.5. The molecule has 1 heterocycles. The molecule has 2 unspecified atom stereocenters. The predicted molar refractivity (Wildman–Crippen MR) is 65.1 cm³/mol. The number of nitrogens with zero attached hydrogens (tertiary/aromatic N) is 2. The van der Waals surface area contributed by atoms with Crippen molar-refractivity contribution < 1.29 is 9.47 Å². The number of methoxy groups -OCH3 is 2. The molecule has 1 aliphatic carbocycles. The Labute approximate surface area is 101 Å². The average Bonchev–Trinajstić information content (AvgIpc) is 2.75. The number of nitrogens with one attached hydrogen (secondary N) is 1. The van der Waals surface area contributed by atoms with Crippen molar-refractivity contribution in [3.63, 3.8) is 0 Å². The summed E-state index contributed by atoms with van der Waals surface area (Å²) in [5, 5.41) is 3.32. The van der Waals surface area contributed by atoms with Gasteiger partial charge in [0.1, 0.15) is 5.82 Å². The van der Waals surface area contributed by atoms with Gasteiger partial charge in [-0.3, -0.25) is 0 Å². The molecule has 6 heteroatoms. The van der Waals surface area contributed by atoms with Crippen molar-refractivity contribution in [3.8, 4) is 5.88 Å². The van der Waals surface area contributed by atoms with Gasteiger partial charge >= 0.3 is 0 Å². The molecule has 0 amide bonds. The maximum atomic E-state index is 5.60. The number of nitrogen functional groups attached to an aromatic ring is 1. The first kappa shape index (κ1) is 11.9. The standard InChI is InChI=1S/C11H18N4O2/c1-16-8-5-3-4-7(8)13-9-6-10(17-2)15-11(12)14-9/h6-8H,3-5H2,1-2H3,(H3,12,13,14,15). The highest BCUT2D eigenvalue weighted by molar-refractivity contribution is 5.43. The molecule has 17 heavy (non-hydrogen) atoms. The van der Waals surface area contributed by atoms with Crippen LogP contribution in [0.4, 0.5) is 11.8 Å². The van der Waals surface area contributed by atoms with E-state index in [1.807, 2.05) is 0 Å². The molecule has 0 aromatic carbocycles. The number of hydrogen-bond acceptors (Lipinski definition) is 6. The molecule has 1 aromatic rings. The summed E-state index contributed by atoms with van der Waals surface area (Å²) in [5.74, 6) is 1.36. The van der Waals surface area contributed by atoms with Crippen molar-refractivity contribution in [3.05, 3.63) is 6.07 Å². The van der Waals surface area contributed by atoms with Gasteiger partial charge in [0.05, 0.1) is 19.3 Å². The van der Waals surface area contributed by atoms with Gasteiger partial charge < -0.3 is 20.5 Å². The van der Waals surface area contributed by atoms with Crippen molar-refractivity contribution in [1.82, 2.24) is 9.97 Å². The molecule has 0 radical (unpaired) electrons. The van der Waals surface area contributed by atoms with Gasteiger partial charge in [0.15, 0.2) is 0 Å². The molecule has 1 saturated carbocycles. The van der Waals surface area contributed by atoms with E-state index < -0.39 is 0 Å². The average molecular weight is 238 g/mol. The zero-order valence-electron chi connectivity index (χ0n) is 10.1. The van der Waals surface area contributed by atoms with Crippen LogP contribution in [0, 0.1) is 0 Å². The summed E-state index contributed by atoms with van der Waals surface area (Å²) >= 11 is 0. The normalized spacial score (nSPS) is 23.6. The Kier molecular flexibility index (Phi) is 3.63. The summed E-state index contributed by atoms with van der Waals surface area (Å²) in [6, 6.07) is 2.01. The molecule has 0 aliphatic heterocycles. The van der Waals surface area contributed by atoms with Crippen molar-refractivity contribution >= 4 is 11.8 Å². The molecule has 0 bridgehead atoms. The third-order valence-electron chi connectivity index (χ3n) is 3.02. The molecule has 3 N–H and O–H groups in total. The lowest BCUT2D eigenvalue weighted by Crippen LogP contribution is -2.30. The van der Waals surface area contributed by atoms with Crippen LogP contribution in [0.15, 0.2) is 6.07 Å². The predicted octanol–water partition coefficient (Wildman–Crippen LogP) is 1.05. The van der Waals surface area contributed by atoms with E-state index in [2.05, 4.69) is 15.3 Å². The van der Waals surface area contributed by atoms with Gasteiger partial charge in [-0.15, -0.1) is 0 Å². The Morgan fingerprint density at radius 1 is 1.35 bits per heavy atom. The third kappa shape index (κ3) is 2.76. The van der Waals surface area contributed by atoms with E-state index in [4.69, 9.17) is 15.2 Å². The fourth-order valence-electron chi connectivity index (χ4n) is 2.18. The highest BCUT2D eigenvalue weighted by Crippen LogP contribution is 2.25. The molecule has 2 atom stereocenters. The fourth-order valence-corrected chi connectivity index (χ4v) is 2.18. The van der Waals surface area contributed by atoms with E-state index in [-0.39, 0.29) is 18.1 Å². The monoisotopic (exact) mass is 238 g/mol. The molecular weight excluding hydrogens is 220 g/mol. The van der Waals surface area contributed by atoms with E-state index in [9.17, 15) is 0 Å². The Bertz CT molecular complexity index is 386. The molecule has 94 valence electrons. The number of hydrogen-bond donors (Lipinski definition) is 2. The number of rotatable bonds is 4. The number of aromatic nitrogens is 2. The first-order valence-corrected chi connectivity index (χ1v) is 5.71. The summed E-state index contributed by atoms with van der Waals surface area (Å²) in [6.07, 6.45) is 3.54. The number of nitrogens with two attached hydrogens (primary N) is 1. The lowest BCUT2D eigenvalue weighted by Gasteiger charge is -2.20. The molecular formula is C11H18N4O2. The molecule has 0 spiro atoms. The lowest BCUT2D eigenvalue weighted by atomic mass is 10.2. The van der Waals surface area contributed by atoms with Crippen molar-refractivity contribution in [2.45, 2.75) is 31.4 Å². The molecule has 1 aromatic heterocycles. The minimum absolute atomic E-state index is 0.207. The van der Waals surface area contributed by atoms with E-state index >= 15 is 0 Å². The van der Waals surface area contributed by atoms with E-state index in [1.54, 1.807) is 20.3 Å². The fraction of sp³-hybridized carbons (Fsp3) is 0.636. The second-order valence-corrected chi connectivity index (χ2v) is 4.11. The summed E-state index contributed by atoms with van der Waals surface area (Å²) in [6.45, 7) is 0. The van der Waals surface area contributed by atoms with E-state index in [0.29, 0.717) is 11.7 Å². The van der Waals surface area contributed by atoms with Gasteiger partial charge in [-0.05, 0) is 19.3 Å². The minimum atomic E-state index is 0.207. The largest absolute Gasteiger partial charge is 0.481 e. The van der Waals surface area contributed by atoms with Gasteiger partial charge in [0, 0.05) is 13.2 Å². The third-order valence-corrected chi connectivity index (χ3v) is 3.02. The molecule has 2 rings (SSSR count). The van der Waals surface area contributed by atoms with Crippen molar-refractivity contribution in [1.29, 1.82) is 0 Å². The highest BCUT2D eigenvalue weighted by Gasteiger charge is 2.27. The Hall–Kier alpha value is -1.56. The van der Waals surface area contributed by atoms with Gasteiger partial charge in [-0.2, -0.15) is 9.97 Å². The minimum Gasteiger partial charge on any atom is -0.481 e. The zero-order valence-corrected chi connectivity index (χ0v) is 10.1. The van der Waals surface area contributed by atoms with Crippen LogP contribution in [-0.4, -0.2) is 36.3 Å². The van der Waals surface area contributed by atoms with Crippen LogP contribution in [-0.2, 0) is 4.74 Å². The maximum absolute atomic E-state index is 5.60. The second kappa shape index (κ2) is 5.18. The number of ether oxygens (including phenoxy) is 2. The SMILES string of the molecule is COc1cc(NC2CCCC2OC)nc(N)n1. The molecule has 1 fully saturated rings. The van der Waals surface area contributed by atoms with Gasteiger partial charge in [-0.25, -0.2) is 0 Å². The lowest BCUT2D eigenvalue weighted by molar-refractivity contribution is 0.101. The van der Waals surface area contributed by atoms with Crippen LogP contribution < -0.4 is 15.8 Å². The Balaban J connectivity index is 2.09. The van der Waals surface area contributed by atoms with Gasteiger partial charge in [-0.1, -0.05) is 0 Å². The van der Waals surface area contributed by atoms with Crippen LogP contribution in [0.3, 0.4) is 0 Å². The summed E-state index contributed by atoms with van der Waals surface area (Å²) in [7, 11) is 3.29. The maximum Gasteiger partial charge on any atom is 0.225 e. The first-order chi connectivity index (χ1) is 8.22. The highest BCUT2D eigenvalue weighted by atomic mass is 16.5. The van der Waals surface area contributed by atoms with Crippen LogP contribution in [0.2, 0.25) is 0 Å². The zero-order chi connectivity index (χ0) is 12.3. The van der Waals surface area contributed by atoms with Crippen LogP contribution in [0.1, 0.15) is 19.3 Å². The first-order valence-electron chi connectivity index (χ1n) is 5.71. The van der Waals surface area contributed by atoms with Crippen molar-refractivity contribution in [2.75, 3.05) is 25.3 Å². The summed E-state index contributed by atoms with van der Waals surface area (Å²) in [4.78, 5) is 8.07. The second-order valence-electron chi connectivity index (χ2n) is 4.11. The topological polar surface area (TPSA) is 82.3 Å². The quantitative estimate of drug-likeness (QED) is 0.815. The Morgan fingerprint density at radius 3 is 2.88 bits per heavy atom. The van der Waals surface area contributed by atoms with Crippen LogP contribution in [0.5, 0.6) is 5.88 Å². The van der Waals surface area contributed by atoms with Crippen LogP contribution >= 0.6 is 0 Å². The van der Waals surface area contributed by atoms with E-state index in [0.717, 1.165) is 19.3 Å². The van der Waals surface area contributed by atoms with Gasteiger partial charge in [0.25, 0.3) is 0 Å². The molecule has 6 nitrogen and oxygen atoms in total. The van der Waals surface area contributed by atoms with Crippen LogP contribution in [0.25, 0.3) is 0 Å². The number of anilines is 2. The Morgan fingerprint density at radius 2 is 2.18 bits per heavy atom. The summed E-state index contributed by atoms with van der Waals surface area (Å²) in [5.41, 5.74) is 5.60. The smallest absolute Gasteiger partial charge is 0.225 e. The van der Waals surface area contributed by atoms with Crippen molar-refractivity contribution in [2.24, 2.45) is 0 Å². The van der Waals surface area contributed by atoms with Gasteiger partial charge in [0.2, 0.25) is 11.8 Å².